The predicted molar refractivity (Wildman–Crippen MR) is 81.7 cm³/mol. The molecular formula is C12H20N4O2S2. The molecule has 0 N–H and O–H groups in total. The Morgan fingerprint density at radius 3 is 2.60 bits per heavy atom. The first-order valence-electron chi connectivity index (χ1n) is 6.47. The van der Waals surface area contributed by atoms with Crippen molar-refractivity contribution >= 4 is 27.6 Å². The number of thioether (sulfide) groups is 1. The quantitative estimate of drug-likeness (QED) is 0.611. The summed E-state index contributed by atoms with van der Waals surface area (Å²) in [7, 11) is -1.45. The summed E-state index contributed by atoms with van der Waals surface area (Å²) in [4.78, 5) is 10.8. The van der Waals surface area contributed by atoms with E-state index in [1.807, 2.05) is 12.3 Å². The Kier molecular flexibility index (Phi) is 4.87. The predicted octanol–water partition coefficient (Wildman–Crippen LogP) is 1.06. The molecule has 8 heteroatoms. The van der Waals surface area contributed by atoms with Crippen molar-refractivity contribution in [3.05, 3.63) is 12.3 Å². The van der Waals surface area contributed by atoms with Crippen LogP contribution in [-0.4, -0.2) is 61.4 Å². The van der Waals surface area contributed by atoms with Crippen LogP contribution in [0.2, 0.25) is 0 Å². The molecule has 1 saturated heterocycles. The molecule has 0 amide bonds. The number of rotatable bonds is 4. The third kappa shape index (κ3) is 3.62. The second-order valence-corrected chi connectivity index (χ2v) is 7.71. The Bertz CT molecular complexity index is 556. The van der Waals surface area contributed by atoms with Gasteiger partial charge in [-0.3, -0.25) is 0 Å². The Labute approximate surface area is 124 Å². The molecule has 6 nitrogen and oxygen atoms in total. The van der Waals surface area contributed by atoms with Crippen LogP contribution in [0.1, 0.15) is 12.8 Å². The van der Waals surface area contributed by atoms with Crippen molar-refractivity contribution < 1.29 is 8.42 Å². The molecule has 0 aromatic carbocycles. The minimum atomic E-state index is -3.11. The van der Waals surface area contributed by atoms with Gasteiger partial charge in [-0.25, -0.2) is 22.7 Å². The summed E-state index contributed by atoms with van der Waals surface area (Å²) in [5.41, 5.74) is 0. The highest BCUT2D eigenvalue weighted by Gasteiger charge is 2.27. The molecule has 20 heavy (non-hydrogen) atoms. The van der Waals surface area contributed by atoms with Gasteiger partial charge in [0.1, 0.15) is 5.82 Å². The van der Waals surface area contributed by atoms with E-state index in [4.69, 9.17) is 0 Å². The second kappa shape index (κ2) is 6.28. The second-order valence-electron chi connectivity index (χ2n) is 4.90. The van der Waals surface area contributed by atoms with E-state index in [-0.39, 0.29) is 6.04 Å². The zero-order valence-corrected chi connectivity index (χ0v) is 13.6. The number of aromatic nitrogens is 2. The van der Waals surface area contributed by atoms with Crippen molar-refractivity contribution in [2.24, 2.45) is 0 Å². The maximum atomic E-state index is 11.6. The lowest BCUT2D eigenvalue weighted by Gasteiger charge is -2.36. The number of hydrogen-bond acceptors (Lipinski definition) is 6. The van der Waals surface area contributed by atoms with E-state index in [1.165, 1.54) is 22.3 Å². The molecule has 1 aromatic heterocycles. The largest absolute Gasteiger partial charge is 0.356 e. The molecule has 0 unspecified atom stereocenters. The first-order chi connectivity index (χ1) is 9.41. The van der Waals surface area contributed by atoms with Gasteiger partial charge < -0.3 is 4.90 Å². The molecule has 0 spiro atoms. The fourth-order valence-electron chi connectivity index (χ4n) is 2.34. The first-order valence-corrected chi connectivity index (χ1v) is 9.54. The van der Waals surface area contributed by atoms with Crippen LogP contribution in [0.3, 0.4) is 0 Å². The minimum absolute atomic E-state index is 0.0862. The monoisotopic (exact) mass is 316 g/mol. The average molecular weight is 316 g/mol. The minimum Gasteiger partial charge on any atom is -0.356 e. The van der Waals surface area contributed by atoms with Crippen molar-refractivity contribution in [1.29, 1.82) is 0 Å². The third-order valence-electron chi connectivity index (χ3n) is 3.63. The third-order valence-corrected chi connectivity index (χ3v) is 5.53. The van der Waals surface area contributed by atoms with Crippen molar-refractivity contribution in [3.63, 3.8) is 0 Å². The molecule has 2 rings (SSSR count). The van der Waals surface area contributed by atoms with Crippen LogP contribution in [-0.2, 0) is 10.0 Å². The standard InChI is InChI=1S/C12H20N4O2S2/c1-15(20(3,17)18)10-5-8-16(9-6-10)11-4-7-13-12(14-11)19-2/h4,7,10H,5-6,8-9H2,1-3H3. The highest BCUT2D eigenvalue weighted by molar-refractivity contribution is 7.98. The number of sulfonamides is 1. The SMILES string of the molecule is CSc1nccc(N2CCC(N(C)S(C)(=O)=O)CC2)n1. The molecule has 1 fully saturated rings. The van der Waals surface area contributed by atoms with Crippen molar-refractivity contribution in [2.45, 2.75) is 24.0 Å². The van der Waals surface area contributed by atoms with Crippen LogP contribution < -0.4 is 4.90 Å². The number of nitrogens with zero attached hydrogens (tertiary/aromatic N) is 4. The number of anilines is 1. The van der Waals surface area contributed by atoms with Crippen molar-refractivity contribution in [2.75, 3.05) is 37.5 Å². The van der Waals surface area contributed by atoms with Crippen LogP contribution in [0.5, 0.6) is 0 Å². The lowest BCUT2D eigenvalue weighted by Crippen LogP contribution is -2.45. The molecule has 1 aliphatic heterocycles. The maximum absolute atomic E-state index is 11.6. The zero-order chi connectivity index (χ0) is 14.8. The number of piperidine rings is 1. The fraction of sp³-hybridized carbons (Fsp3) is 0.667. The maximum Gasteiger partial charge on any atom is 0.211 e. The topological polar surface area (TPSA) is 66.4 Å². The number of hydrogen-bond donors (Lipinski definition) is 0. The van der Waals surface area contributed by atoms with Gasteiger partial charge in [-0.05, 0) is 25.2 Å². The zero-order valence-electron chi connectivity index (χ0n) is 12.0. The van der Waals surface area contributed by atoms with Gasteiger partial charge in [-0.15, -0.1) is 0 Å². The Morgan fingerprint density at radius 2 is 2.05 bits per heavy atom. The summed E-state index contributed by atoms with van der Waals surface area (Å²) in [6.45, 7) is 1.63. The van der Waals surface area contributed by atoms with Crippen LogP contribution in [0, 0.1) is 0 Å². The summed E-state index contributed by atoms with van der Waals surface area (Å²) < 4.78 is 24.6. The van der Waals surface area contributed by atoms with Gasteiger partial charge in [0.05, 0.1) is 6.26 Å². The van der Waals surface area contributed by atoms with Gasteiger partial charge in [-0.1, -0.05) is 11.8 Å². The summed E-state index contributed by atoms with van der Waals surface area (Å²) in [5.74, 6) is 0.921. The highest BCUT2D eigenvalue weighted by Crippen LogP contribution is 2.22. The molecule has 112 valence electrons. The first kappa shape index (κ1) is 15.5. The van der Waals surface area contributed by atoms with E-state index in [1.54, 1.807) is 13.2 Å². The lowest BCUT2D eigenvalue weighted by atomic mass is 10.1. The smallest absolute Gasteiger partial charge is 0.211 e. The molecule has 0 bridgehead atoms. The van der Waals surface area contributed by atoms with Crippen LogP contribution in [0.15, 0.2) is 17.4 Å². The van der Waals surface area contributed by atoms with E-state index in [9.17, 15) is 8.42 Å². The van der Waals surface area contributed by atoms with Crippen LogP contribution in [0.25, 0.3) is 0 Å². The molecule has 1 aromatic rings. The summed E-state index contributed by atoms with van der Waals surface area (Å²) in [6, 6.07) is 1.99. The molecule has 0 aliphatic carbocycles. The van der Waals surface area contributed by atoms with E-state index >= 15 is 0 Å². The van der Waals surface area contributed by atoms with Gasteiger partial charge in [-0.2, -0.15) is 0 Å². The van der Waals surface area contributed by atoms with E-state index < -0.39 is 10.0 Å². The Morgan fingerprint density at radius 1 is 1.40 bits per heavy atom. The molecule has 0 saturated carbocycles. The highest BCUT2D eigenvalue weighted by atomic mass is 32.2. The molecule has 0 atom stereocenters. The molecule has 0 radical (unpaired) electrons. The lowest BCUT2D eigenvalue weighted by molar-refractivity contribution is 0.313. The van der Waals surface area contributed by atoms with Crippen molar-refractivity contribution in [1.82, 2.24) is 14.3 Å². The Balaban J connectivity index is 2.00. The molecule has 2 heterocycles. The summed E-state index contributed by atoms with van der Waals surface area (Å²) in [5, 5.41) is 0.762. The van der Waals surface area contributed by atoms with Crippen LogP contribution in [0.4, 0.5) is 5.82 Å². The van der Waals surface area contributed by atoms with Crippen molar-refractivity contribution in [3.8, 4) is 0 Å². The van der Waals surface area contributed by atoms with Crippen LogP contribution >= 0.6 is 11.8 Å². The molecule has 1 aliphatic rings. The average Bonchev–Trinajstić information content (AvgIpc) is 2.46. The van der Waals surface area contributed by atoms with Gasteiger partial charge >= 0.3 is 0 Å². The molecular weight excluding hydrogens is 296 g/mol. The van der Waals surface area contributed by atoms with Gasteiger partial charge in [0, 0.05) is 32.4 Å². The van der Waals surface area contributed by atoms with E-state index in [0.29, 0.717) is 0 Å². The van der Waals surface area contributed by atoms with Gasteiger partial charge in [0.15, 0.2) is 5.16 Å². The van der Waals surface area contributed by atoms with Gasteiger partial charge in [0.2, 0.25) is 10.0 Å². The normalized spacial score (nSPS) is 17.7. The fourth-order valence-corrected chi connectivity index (χ4v) is 3.44. The van der Waals surface area contributed by atoms with E-state index in [0.717, 1.165) is 36.9 Å². The summed E-state index contributed by atoms with van der Waals surface area (Å²) in [6.07, 6.45) is 6.62. The Hall–Kier alpha value is -0.860. The summed E-state index contributed by atoms with van der Waals surface area (Å²) >= 11 is 1.52. The van der Waals surface area contributed by atoms with Gasteiger partial charge in [0.25, 0.3) is 0 Å². The van der Waals surface area contributed by atoms with E-state index in [2.05, 4.69) is 14.9 Å².